The summed E-state index contributed by atoms with van der Waals surface area (Å²) in [6.45, 7) is 12.2. The van der Waals surface area contributed by atoms with E-state index in [1.54, 1.807) is 0 Å². The van der Waals surface area contributed by atoms with Crippen LogP contribution in [0.1, 0.15) is 36.4 Å². The average molecular weight is 307 g/mol. The first-order chi connectivity index (χ1) is 9.90. The number of nitrogens with zero attached hydrogens (tertiary/aromatic N) is 3. The van der Waals surface area contributed by atoms with Gasteiger partial charge in [-0.05, 0) is 50.4 Å². The molecule has 114 valence electrons. The van der Waals surface area contributed by atoms with E-state index >= 15 is 0 Å². The first-order valence-electron chi connectivity index (χ1n) is 7.28. The highest BCUT2D eigenvalue weighted by atomic mass is 35.5. The molecule has 1 N–H and O–H groups in total. The third kappa shape index (κ3) is 3.63. The Morgan fingerprint density at radius 3 is 2.52 bits per heavy atom. The molecule has 0 amide bonds. The molecule has 0 fully saturated rings. The van der Waals surface area contributed by atoms with Crippen LogP contribution in [-0.2, 0) is 6.54 Å². The molecule has 0 aliphatic heterocycles. The standard InChI is InChI=1S/C16H23ClN4/c1-10(2)7-18-8-14-6-15(17)16(19-9-14)21-13(5)11(3)12(4)20-21/h6,9-10,18H,7-8H2,1-5H3. The van der Waals surface area contributed by atoms with E-state index < -0.39 is 0 Å². The third-order valence-corrected chi connectivity index (χ3v) is 3.89. The molecule has 0 aliphatic carbocycles. The number of aryl methyl sites for hydroxylation is 1. The number of nitrogens with one attached hydrogen (secondary N) is 1. The van der Waals surface area contributed by atoms with Crippen molar-refractivity contribution in [1.29, 1.82) is 0 Å². The van der Waals surface area contributed by atoms with Gasteiger partial charge in [0.05, 0.1) is 10.7 Å². The van der Waals surface area contributed by atoms with Crippen molar-refractivity contribution in [2.45, 2.75) is 41.2 Å². The molecule has 2 rings (SSSR count). The lowest BCUT2D eigenvalue weighted by atomic mass is 10.2. The Balaban J connectivity index is 2.21. The first-order valence-corrected chi connectivity index (χ1v) is 7.66. The molecule has 5 heteroatoms. The Morgan fingerprint density at radius 2 is 2.00 bits per heavy atom. The second-order valence-corrected chi connectivity index (χ2v) is 6.29. The summed E-state index contributed by atoms with van der Waals surface area (Å²) in [5.74, 6) is 1.32. The Morgan fingerprint density at radius 1 is 1.29 bits per heavy atom. The van der Waals surface area contributed by atoms with Crippen LogP contribution in [0.3, 0.4) is 0 Å². The van der Waals surface area contributed by atoms with Gasteiger partial charge in [0, 0.05) is 18.4 Å². The monoisotopic (exact) mass is 306 g/mol. The molecule has 2 aromatic heterocycles. The lowest BCUT2D eigenvalue weighted by Crippen LogP contribution is -2.19. The van der Waals surface area contributed by atoms with E-state index in [4.69, 9.17) is 11.6 Å². The predicted molar refractivity (Wildman–Crippen MR) is 87.1 cm³/mol. The zero-order chi connectivity index (χ0) is 15.6. The summed E-state index contributed by atoms with van der Waals surface area (Å²) in [5.41, 5.74) is 4.35. The molecule has 0 bridgehead atoms. The minimum Gasteiger partial charge on any atom is -0.312 e. The average Bonchev–Trinajstić information content (AvgIpc) is 2.66. The number of hydrogen-bond acceptors (Lipinski definition) is 3. The van der Waals surface area contributed by atoms with E-state index in [-0.39, 0.29) is 0 Å². The van der Waals surface area contributed by atoms with Crippen molar-refractivity contribution in [1.82, 2.24) is 20.1 Å². The SMILES string of the molecule is Cc1nn(-c2ncc(CNCC(C)C)cc2Cl)c(C)c1C. The smallest absolute Gasteiger partial charge is 0.172 e. The zero-order valence-electron chi connectivity index (χ0n) is 13.4. The fourth-order valence-corrected chi connectivity index (χ4v) is 2.42. The van der Waals surface area contributed by atoms with Gasteiger partial charge in [-0.2, -0.15) is 5.10 Å². The van der Waals surface area contributed by atoms with Crippen molar-refractivity contribution >= 4 is 11.6 Å². The summed E-state index contributed by atoms with van der Waals surface area (Å²) in [7, 11) is 0. The minimum atomic E-state index is 0.629. The highest BCUT2D eigenvalue weighted by Gasteiger charge is 2.13. The summed E-state index contributed by atoms with van der Waals surface area (Å²) >= 11 is 6.39. The highest BCUT2D eigenvalue weighted by molar-refractivity contribution is 6.32. The van der Waals surface area contributed by atoms with E-state index in [0.717, 1.165) is 30.0 Å². The maximum atomic E-state index is 6.39. The molecule has 0 unspecified atom stereocenters. The second kappa shape index (κ2) is 6.58. The van der Waals surface area contributed by atoms with Gasteiger partial charge in [0.2, 0.25) is 0 Å². The van der Waals surface area contributed by atoms with Crippen molar-refractivity contribution < 1.29 is 0 Å². The Bertz CT molecular complexity index is 631. The molecule has 0 saturated carbocycles. The van der Waals surface area contributed by atoms with Crippen LogP contribution >= 0.6 is 11.6 Å². The highest BCUT2D eigenvalue weighted by Crippen LogP contribution is 2.22. The quantitative estimate of drug-likeness (QED) is 0.918. The van der Waals surface area contributed by atoms with E-state index in [1.807, 2.05) is 30.8 Å². The normalized spacial score (nSPS) is 11.4. The Hall–Kier alpha value is -1.39. The summed E-state index contributed by atoms with van der Waals surface area (Å²) in [5, 5.41) is 8.53. The van der Waals surface area contributed by atoms with Crippen LogP contribution in [0.15, 0.2) is 12.3 Å². The summed E-state index contributed by atoms with van der Waals surface area (Å²) in [6, 6.07) is 1.96. The Kier molecular flexibility index (Phi) is 5.01. The fraction of sp³-hybridized carbons (Fsp3) is 0.500. The Labute approximate surface area is 131 Å². The molecule has 4 nitrogen and oxygen atoms in total. The molecular formula is C16H23ClN4. The van der Waals surface area contributed by atoms with Crippen molar-refractivity contribution in [3.63, 3.8) is 0 Å². The van der Waals surface area contributed by atoms with Gasteiger partial charge in [0.1, 0.15) is 0 Å². The number of hydrogen-bond donors (Lipinski definition) is 1. The first kappa shape index (κ1) is 16.0. The van der Waals surface area contributed by atoms with Gasteiger partial charge in [0.15, 0.2) is 5.82 Å². The van der Waals surface area contributed by atoms with E-state index in [2.05, 4.69) is 36.2 Å². The van der Waals surface area contributed by atoms with Crippen LogP contribution in [0, 0.1) is 26.7 Å². The van der Waals surface area contributed by atoms with Gasteiger partial charge in [0.25, 0.3) is 0 Å². The largest absolute Gasteiger partial charge is 0.312 e. The molecule has 21 heavy (non-hydrogen) atoms. The van der Waals surface area contributed by atoms with Crippen molar-refractivity contribution in [3.05, 3.63) is 39.8 Å². The fourth-order valence-electron chi connectivity index (χ4n) is 2.15. The van der Waals surface area contributed by atoms with Gasteiger partial charge in [-0.1, -0.05) is 25.4 Å². The molecule has 2 aromatic rings. The van der Waals surface area contributed by atoms with Crippen molar-refractivity contribution in [3.8, 4) is 5.82 Å². The topological polar surface area (TPSA) is 42.7 Å². The van der Waals surface area contributed by atoms with Crippen LogP contribution in [0.5, 0.6) is 0 Å². The van der Waals surface area contributed by atoms with Crippen LogP contribution in [-0.4, -0.2) is 21.3 Å². The number of aromatic nitrogens is 3. The van der Waals surface area contributed by atoms with Gasteiger partial charge >= 0.3 is 0 Å². The van der Waals surface area contributed by atoms with Gasteiger partial charge in [-0.15, -0.1) is 0 Å². The summed E-state index contributed by atoms with van der Waals surface area (Å²) in [6.07, 6.45) is 1.86. The number of pyridine rings is 1. The van der Waals surface area contributed by atoms with Gasteiger partial charge in [-0.25, -0.2) is 9.67 Å². The maximum absolute atomic E-state index is 6.39. The maximum Gasteiger partial charge on any atom is 0.172 e. The zero-order valence-corrected chi connectivity index (χ0v) is 14.1. The molecule has 0 spiro atoms. The van der Waals surface area contributed by atoms with Gasteiger partial charge in [-0.3, -0.25) is 0 Å². The molecule has 0 radical (unpaired) electrons. The second-order valence-electron chi connectivity index (χ2n) is 5.88. The molecule has 0 saturated heterocycles. The van der Waals surface area contributed by atoms with Crippen molar-refractivity contribution in [2.24, 2.45) is 5.92 Å². The summed E-state index contributed by atoms with van der Waals surface area (Å²) < 4.78 is 1.82. The molecule has 0 aliphatic rings. The van der Waals surface area contributed by atoms with Crippen LogP contribution in [0.4, 0.5) is 0 Å². The van der Waals surface area contributed by atoms with Crippen LogP contribution < -0.4 is 5.32 Å². The third-order valence-electron chi connectivity index (χ3n) is 3.61. The number of halogens is 1. The van der Waals surface area contributed by atoms with E-state index in [0.29, 0.717) is 16.8 Å². The number of rotatable bonds is 5. The minimum absolute atomic E-state index is 0.629. The molecule has 2 heterocycles. The van der Waals surface area contributed by atoms with E-state index in [1.165, 1.54) is 5.56 Å². The lowest BCUT2D eigenvalue weighted by molar-refractivity contribution is 0.552. The molecular weight excluding hydrogens is 284 g/mol. The molecule has 0 aromatic carbocycles. The van der Waals surface area contributed by atoms with Crippen LogP contribution in [0.25, 0.3) is 5.82 Å². The van der Waals surface area contributed by atoms with Crippen molar-refractivity contribution in [2.75, 3.05) is 6.54 Å². The summed E-state index contributed by atoms with van der Waals surface area (Å²) in [4.78, 5) is 4.49. The predicted octanol–water partition coefficient (Wildman–Crippen LogP) is 3.59. The van der Waals surface area contributed by atoms with Gasteiger partial charge < -0.3 is 5.32 Å². The lowest BCUT2D eigenvalue weighted by Gasteiger charge is -2.10. The van der Waals surface area contributed by atoms with E-state index in [9.17, 15) is 0 Å². The molecule has 0 atom stereocenters. The van der Waals surface area contributed by atoms with Crippen LogP contribution in [0.2, 0.25) is 5.02 Å².